The molecular formula is C20H27N3O3. The average Bonchev–Trinajstić information content (AvgIpc) is 2.78. The number of fused-ring (bicyclic) bond motifs is 1. The number of carbonyl (C=O) groups excluding carboxylic acids is 3. The van der Waals surface area contributed by atoms with Crippen LogP contribution in [-0.2, 0) is 0 Å². The number of rotatable bonds is 4. The normalized spacial score (nSPS) is 24.5. The van der Waals surface area contributed by atoms with Crippen LogP contribution in [0.5, 0.6) is 0 Å². The minimum atomic E-state index is -0.357. The van der Waals surface area contributed by atoms with Crippen LogP contribution in [0.1, 0.15) is 58.3 Å². The third-order valence-corrected chi connectivity index (χ3v) is 5.21. The maximum Gasteiger partial charge on any atom is 0.261 e. The molecule has 3 unspecified atom stereocenters. The van der Waals surface area contributed by atoms with Crippen LogP contribution in [0, 0.1) is 11.8 Å². The lowest BCUT2D eigenvalue weighted by Crippen LogP contribution is -2.47. The number of nitrogens with zero attached hydrogens (tertiary/aromatic N) is 2. The van der Waals surface area contributed by atoms with E-state index in [1.807, 2.05) is 6.92 Å². The third-order valence-electron chi connectivity index (χ3n) is 5.21. The van der Waals surface area contributed by atoms with E-state index in [2.05, 4.69) is 24.1 Å². The lowest BCUT2D eigenvalue weighted by Gasteiger charge is -2.36. The van der Waals surface area contributed by atoms with Crippen LogP contribution in [0.4, 0.5) is 0 Å². The first-order valence-corrected chi connectivity index (χ1v) is 9.26. The van der Waals surface area contributed by atoms with Gasteiger partial charge >= 0.3 is 0 Å². The maximum atomic E-state index is 12.6. The predicted molar refractivity (Wildman–Crippen MR) is 99.2 cm³/mol. The summed E-state index contributed by atoms with van der Waals surface area (Å²) in [5.41, 5.74) is 1.07. The zero-order chi connectivity index (χ0) is 19.0. The molecule has 1 saturated heterocycles. The molecule has 0 aromatic heterocycles. The van der Waals surface area contributed by atoms with E-state index in [0.717, 1.165) is 24.5 Å². The van der Waals surface area contributed by atoms with Crippen LogP contribution >= 0.6 is 0 Å². The smallest absolute Gasteiger partial charge is 0.261 e. The summed E-state index contributed by atoms with van der Waals surface area (Å²) in [7, 11) is 1.45. The molecule has 0 bridgehead atoms. The SMILES string of the molecule is CC1CC(C)CN(CC(C)NC(=O)c2ccc3c(c2)C(=O)N(C)C3=O)C1. The summed E-state index contributed by atoms with van der Waals surface area (Å²) in [5, 5.41) is 3.01. The van der Waals surface area contributed by atoms with Crippen molar-refractivity contribution in [1.29, 1.82) is 0 Å². The van der Waals surface area contributed by atoms with Crippen LogP contribution in [0.25, 0.3) is 0 Å². The largest absolute Gasteiger partial charge is 0.348 e. The van der Waals surface area contributed by atoms with E-state index in [-0.39, 0.29) is 23.8 Å². The Kier molecular flexibility index (Phi) is 5.14. The van der Waals surface area contributed by atoms with Gasteiger partial charge in [-0.25, -0.2) is 0 Å². The Morgan fingerprint density at radius 2 is 1.77 bits per heavy atom. The number of benzene rings is 1. The Labute approximate surface area is 154 Å². The Balaban J connectivity index is 1.63. The molecule has 6 nitrogen and oxygen atoms in total. The molecule has 0 radical (unpaired) electrons. The summed E-state index contributed by atoms with van der Waals surface area (Å²) in [6.07, 6.45) is 1.26. The molecule has 3 rings (SSSR count). The molecular weight excluding hydrogens is 330 g/mol. The molecule has 26 heavy (non-hydrogen) atoms. The second kappa shape index (κ2) is 7.19. The van der Waals surface area contributed by atoms with Gasteiger partial charge in [-0.3, -0.25) is 19.3 Å². The fraction of sp³-hybridized carbons (Fsp3) is 0.550. The van der Waals surface area contributed by atoms with Crippen LogP contribution in [0.3, 0.4) is 0 Å². The Morgan fingerprint density at radius 1 is 1.15 bits per heavy atom. The Hall–Kier alpha value is -2.21. The van der Waals surface area contributed by atoms with Crippen LogP contribution in [0.15, 0.2) is 18.2 Å². The van der Waals surface area contributed by atoms with Gasteiger partial charge in [-0.15, -0.1) is 0 Å². The quantitative estimate of drug-likeness (QED) is 0.837. The topological polar surface area (TPSA) is 69.7 Å². The lowest BCUT2D eigenvalue weighted by molar-refractivity contribution is 0.0692. The van der Waals surface area contributed by atoms with Crippen molar-refractivity contribution >= 4 is 17.7 Å². The van der Waals surface area contributed by atoms with Crippen molar-refractivity contribution in [2.75, 3.05) is 26.7 Å². The molecule has 140 valence electrons. The highest BCUT2D eigenvalue weighted by molar-refractivity contribution is 6.21. The highest BCUT2D eigenvalue weighted by Crippen LogP contribution is 2.23. The van der Waals surface area contributed by atoms with Crippen molar-refractivity contribution in [2.24, 2.45) is 11.8 Å². The minimum absolute atomic E-state index is 0.00765. The second-order valence-corrected chi connectivity index (χ2v) is 7.97. The number of piperidine rings is 1. The number of hydrogen-bond acceptors (Lipinski definition) is 4. The van der Waals surface area contributed by atoms with Gasteiger partial charge in [-0.1, -0.05) is 13.8 Å². The summed E-state index contributed by atoms with van der Waals surface area (Å²) >= 11 is 0. The van der Waals surface area contributed by atoms with Crippen molar-refractivity contribution in [1.82, 2.24) is 15.1 Å². The number of nitrogens with one attached hydrogen (secondary N) is 1. The highest BCUT2D eigenvalue weighted by atomic mass is 16.2. The molecule has 2 aliphatic rings. The molecule has 2 heterocycles. The van der Waals surface area contributed by atoms with Gasteiger partial charge < -0.3 is 10.2 Å². The van der Waals surface area contributed by atoms with E-state index in [9.17, 15) is 14.4 Å². The zero-order valence-corrected chi connectivity index (χ0v) is 15.9. The van der Waals surface area contributed by atoms with Crippen molar-refractivity contribution in [3.63, 3.8) is 0 Å². The fourth-order valence-corrected chi connectivity index (χ4v) is 4.18. The lowest BCUT2D eigenvalue weighted by atomic mass is 9.92. The van der Waals surface area contributed by atoms with Crippen molar-refractivity contribution in [3.8, 4) is 0 Å². The van der Waals surface area contributed by atoms with Gasteiger partial charge in [0.25, 0.3) is 17.7 Å². The number of likely N-dealkylation sites (tertiary alicyclic amines) is 1. The first-order chi connectivity index (χ1) is 12.3. The molecule has 0 saturated carbocycles. The molecule has 0 spiro atoms. The predicted octanol–water partition coefficient (Wildman–Crippen LogP) is 2.01. The standard InChI is InChI=1S/C20H27N3O3/c1-12-7-13(2)10-23(9-12)11-14(3)21-18(24)15-5-6-16-17(8-15)20(26)22(4)19(16)25/h5-6,8,12-14H,7,9-11H2,1-4H3,(H,21,24). The van der Waals surface area contributed by atoms with E-state index in [1.54, 1.807) is 12.1 Å². The summed E-state index contributed by atoms with van der Waals surface area (Å²) in [6, 6.07) is 4.70. The number of amides is 3. The molecule has 1 aromatic rings. The van der Waals surface area contributed by atoms with Gasteiger partial charge in [0.05, 0.1) is 11.1 Å². The average molecular weight is 357 g/mol. The molecule has 3 atom stereocenters. The van der Waals surface area contributed by atoms with E-state index in [0.29, 0.717) is 28.5 Å². The number of carbonyl (C=O) groups is 3. The monoisotopic (exact) mass is 357 g/mol. The first kappa shape index (κ1) is 18.6. The van der Waals surface area contributed by atoms with Gasteiger partial charge in [0.2, 0.25) is 0 Å². The first-order valence-electron chi connectivity index (χ1n) is 9.26. The van der Waals surface area contributed by atoms with Gasteiger partial charge in [0.1, 0.15) is 0 Å². The van der Waals surface area contributed by atoms with E-state index >= 15 is 0 Å². The second-order valence-electron chi connectivity index (χ2n) is 7.97. The van der Waals surface area contributed by atoms with Gasteiger partial charge in [0.15, 0.2) is 0 Å². The molecule has 2 aliphatic heterocycles. The van der Waals surface area contributed by atoms with Gasteiger partial charge in [-0.05, 0) is 43.4 Å². The zero-order valence-electron chi connectivity index (χ0n) is 15.9. The molecule has 1 aromatic carbocycles. The maximum absolute atomic E-state index is 12.6. The van der Waals surface area contributed by atoms with Gasteiger partial charge in [-0.2, -0.15) is 0 Å². The van der Waals surface area contributed by atoms with Crippen molar-refractivity contribution in [3.05, 3.63) is 34.9 Å². The summed E-state index contributed by atoms with van der Waals surface area (Å²) in [4.78, 5) is 40.1. The fourth-order valence-electron chi connectivity index (χ4n) is 4.18. The van der Waals surface area contributed by atoms with Crippen LogP contribution in [-0.4, -0.2) is 60.2 Å². The number of imide groups is 1. The molecule has 1 fully saturated rings. The molecule has 1 N–H and O–H groups in total. The van der Waals surface area contributed by atoms with Gasteiger partial charge in [0, 0.05) is 38.3 Å². The summed E-state index contributed by atoms with van der Waals surface area (Å²) in [6.45, 7) is 9.47. The summed E-state index contributed by atoms with van der Waals surface area (Å²) in [5.74, 6) is 0.466. The molecule has 3 amide bonds. The Morgan fingerprint density at radius 3 is 2.42 bits per heavy atom. The third kappa shape index (κ3) is 3.65. The Bertz CT molecular complexity index is 736. The van der Waals surface area contributed by atoms with Crippen LogP contribution < -0.4 is 5.32 Å². The highest BCUT2D eigenvalue weighted by Gasteiger charge is 2.33. The van der Waals surface area contributed by atoms with E-state index < -0.39 is 0 Å². The van der Waals surface area contributed by atoms with E-state index in [1.165, 1.54) is 19.5 Å². The minimum Gasteiger partial charge on any atom is -0.348 e. The summed E-state index contributed by atoms with van der Waals surface area (Å²) < 4.78 is 0. The van der Waals surface area contributed by atoms with E-state index in [4.69, 9.17) is 0 Å². The van der Waals surface area contributed by atoms with Crippen molar-refractivity contribution < 1.29 is 14.4 Å². The molecule has 0 aliphatic carbocycles. The molecule has 6 heteroatoms. The number of hydrogen-bond donors (Lipinski definition) is 1. The van der Waals surface area contributed by atoms with Crippen LogP contribution in [0.2, 0.25) is 0 Å². The van der Waals surface area contributed by atoms with Crippen molar-refractivity contribution in [2.45, 2.75) is 33.2 Å².